The van der Waals surface area contributed by atoms with Gasteiger partial charge in [-0.25, -0.2) is 0 Å². The molecule has 0 radical (unpaired) electrons. The summed E-state index contributed by atoms with van der Waals surface area (Å²) in [6.45, 7) is 0.143. The zero-order valence-corrected chi connectivity index (χ0v) is 15.8. The number of rotatable bonds is 8. The Bertz CT molecular complexity index is 814. The molecule has 0 bridgehead atoms. The number of carbonyl (C=O) groups is 1. The van der Waals surface area contributed by atoms with Crippen molar-refractivity contribution in [1.82, 2.24) is 5.32 Å². The molecule has 7 heteroatoms. The molecule has 0 atom stereocenters. The summed E-state index contributed by atoms with van der Waals surface area (Å²) in [5.41, 5.74) is 2.62. The molecule has 0 spiro atoms. The number of hydrogen-bond acceptors (Lipinski definition) is 4. The molecule has 0 unspecified atom stereocenters. The van der Waals surface area contributed by atoms with Gasteiger partial charge < -0.3 is 19.7 Å². The summed E-state index contributed by atoms with van der Waals surface area (Å²) in [7, 11) is 0. The number of amides is 1. The van der Waals surface area contributed by atoms with Crippen LogP contribution in [0.1, 0.15) is 24.5 Å². The first kappa shape index (κ1) is 20.1. The fourth-order valence-electron chi connectivity index (χ4n) is 3.38. The Kier molecular flexibility index (Phi) is 6.81. The maximum atomic E-state index is 12.8. The van der Waals surface area contributed by atoms with Crippen molar-refractivity contribution in [3.05, 3.63) is 53.6 Å². The van der Waals surface area contributed by atoms with E-state index in [0.29, 0.717) is 18.7 Å². The Balaban J connectivity index is 1.65. The lowest BCUT2D eigenvalue weighted by atomic mass is 10.0. The largest absolute Gasteiger partial charge is 0.490 e. The van der Waals surface area contributed by atoms with E-state index in [0.717, 1.165) is 18.5 Å². The van der Waals surface area contributed by atoms with Gasteiger partial charge in [0.15, 0.2) is 11.5 Å². The highest BCUT2D eigenvalue weighted by molar-refractivity contribution is 5.95. The highest BCUT2D eigenvalue weighted by atomic mass is 19.3. The van der Waals surface area contributed by atoms with Crippen LogP contribution in [0.25, 0.3) is 0 Å². The molecule has 1 amide bonds. The molecule has 150 valence electrons. The minimum absolute atomic E-state index is 0.00242. The van der Waals surface area contributed by atoms with Gasteiger partial charge in [-0.3, -0.25) is 4.79 Å². The van der Waals surface area contributed by atoms with Crippen LogP contribution < -0.4 is 19.7 Å². The van der Waals surface area contributed by atoms with E-state index >= 15 is 0 Å². The van der Waals surface area contributed by atoms with Crippen LogP contribution in [0.15, 0.2) is 42.5 Å². The van der Waals surface area contributed by atoms with Gasteiger partial charge in [-0.2, -0.15) is 8.78 Å². The van der Waals surface area contributed by atoms with Crippen molar-refractivity contribution in [2.45, 2.75) is 32.9 Å². The van der Waals surface area contributed by atoms with E-state index in [1.54, 1.807) is 30.0 Å². The average molecular weight is 390 g/mol. The molecule has 1 heterocycles. The Morgan fingerprint density at radius 2 is 2.04 bits per heavy atom. The number of anilines is 1. The molecular formula is C21H24F2N2O3. The maximum Gasteiger partial charge on any atom is 0.387 e. The molecular weight excluding hydrogens is 366 g/mol. The fraction of sp³-hybridized carbons (Fsp3) is 0.381. The molecule has 0 saturated heterocycles. The van der Waals surface area contributed by atoms with E-state index in [1.807, 2.05) is 24.3 Å². The zero-order valence-electron chi connectivity index (χ0n) is 15.8. The molecule has 0 saturated carbocycles. The van der Waals surface area contributed by atoms with E-state index in [1.165, 1.54) is 5.56 Å². The highest BCUT2D eigenvalue weighted by Crippen LogP contribution is 2.33. The minimum Gasteiger partial charge on any atom is -0.490 e. The summed E-state index contributed by atoms with van der Waals surface area (Å²) >= 11 is 0. The predicted molar refractivity (Wildman–Crippen MR) is 103 cm³/mol. The Hall–Kier alpha value is -2.67. The third-order valence-corrected chi connectivity index (χ3v) is 4.57. The van der Waals surface area contributed by atoms with Crippen molar-refractivity contribution in [1.29, 1.82) is 0 Å². The van der Waals surface area contributed by atoms with Crippen molar-refractivity contribution in [3.8, 4) is 11.5 Å². The minimum atomic E-state index is -2.95. The van der Waals surface area contributed by atoms with Crippen molar-refractivity contribution in [2.75, 3.05) is 24.6 Å². The number of aryl methyl sites for hydroxylation is 1. The van der Waals surface area contributed by atoms with Gasteiger partial charge in [0, 0.05) is 24.3 Å². The van der Waals surface area contributed by atoms with Crippen LogP contribution in [0.4, 0.5) is 14.5 Å². The first-order valence-electron chi connectivity index (χ1n) is 9.38. The molecule has 3 rings (SSSR count). The SMILES string of the molecule is CCOc1cccc(CNCC(=O)N2CCCc3ccccc32)c1OC(F)F. The summed E-state index contributed by atoms with van der Waals surface area (Å²) in [5.74, 6) is 0.213. The zero-order chi connectivity index (χ0) is 19.9. The Morgan fingerprint density at radius 3 is 2.82 bits per heavy atom. The van der Waals surface area contributed by atoms with Crippen LogP contribution in [-0.4, -0.2) is 32.2 Å². The predicted octanol–water partition coefficient (Wildman–Crippen LogP) is 3.76. The normalized spacial score (nSPS) is 13.4. The number of nitrogens with one attached hydrogen (secondary N) is 1. The number of benzene rings is 2. The monoisotopic (exact) mass is 390 g/mol. The van der Waals surface area contributed by atoms with Crippen LogP contribution in [0, 0.1) is 0 Å². The van der Waals surface area contributed by atoms with Crippen LogP contribution in [0.2, 0.25) is 0 Å². The van der Waals surface area contributed by atoms with Gasteiger partial charge in [-0.05, 0) is 37.5 Å². The van der Waals surface area contributed by atoms with Gasteiger partial charge in [0.25, 0.3) is 0 Å². The molecule has 1 N–H and O–H groups in total. The van der Waals surface area contributed by atoms with E-state index < -0.39 is 6.61 Å². The number of hydrogen-bond donors (Lipinski definition) is 1. The Labute approximate surface area is 163 Å². The van der Waals surface area contributed by atoms with Crippen LogP contribution >= 0.6 is 0 Å². The number of ether oxygens (including phenoxy) is 2. The van der Waals surface area contributed by atoms with Gasteiger partial charge in [0.2, 0.25) is 5.91 Å². The molecule has 5 nitrogen and oxygen atoms in total. The fourth-order valence-corrected chi connectivity index (χ4v) is 3.38. The summed E-state index contributed by atoms with van der Waals surface area (Å²) < 4.78 is 35.6. The average Bonchev–Trinajstić information content (AvgIpc) is 2.69. The number of para-hydroxylation sites is 2. The van der Waals surface area contributed by atoms with Crippen LogP contribution in [0.5, 0.6) is 11.5 Å². The van der Waals surface area contributed by atoms with Crippen molar-refractivity contribution < 1.29 is 23.0 Å². The van der Waals surface area contributed by atoms with Gasteiger partial charge in [-0.1, -0.05) is 30.3 Å². The number of fused-ring (bicyclic) bond motifs is 1. The molecule has 2 aromatic rings. The topological polar surface area (TPSA) is 50.8 Å². The lowest BCUT2D eigenvalue weighted by Gasteiger charge is -2.29. The van der Waals surface area contributed by atoms with Crippen molar-refractivity contribution in [2.24, 2.45) is 0 Å². The first-order valence-corrected chi connectivity index (χ1v) is 9.38. The lowest BCUT2D eigenvalue weighted by molar-refractivity contribution is -0.117. The van der Waals surface area contributed by atoms with E-state index in [4.69, 9.17) is 4.74 Å². The van der Waals surface area contributed by atoms with E-state index in [2.05, 4.69) is 10.1 Å². The summed E-state index contributed by atoms with van der Waals surface area (Å²) in [5, 5.41) is 3.04. The molecule has 28 heavy (non-hydrogen) atoms. The summed E-state index contributed by atoms with van der Waals surface area (Å²) in [4.78, 5) is 14.4. The van der Waals surface area contributed by atoms with Crippen molar-refractivity contribution in [3.63, 3.8) is 0 Å². The molecule has 1 aliphatic heterocycles. The molecule has 1 aliphatic rings. The van der Waals surface area contributed by atoms with Crippen molar-refractivity contribution >= 4 is 11.6 Å². The van der Waals surface area contributed by atoms with Gasteiger partial charge >= 0.3 is 6.61 Å². The summed E-state index contributed by atoms with van der Waals surface area (Å²) in [6, 6.07) is 12.9. The quantitative estimate of drug-likeness (QED) is 0.746. The smallest absolute Gasteiger partial charge is 0.387 e. The molecule has 0 fully saturated rings. The highest BCUT2D eigenvalue weighted by Gasteiger charge is 2.22. The third kappa shape index (κ3) is 4.78. The van der Waals surface area contributed by atoms with E-state index in [9.17, 15) is 13.6 Å². The Morgan fingerprint density at radius 1 is 1.21 bits per heavy atom. The van der Waals surface area contributed by atoms with Crippen LogP contribution in [0.3, 0.4) is 0 Å². The second-order valence-electron chi connectivity index (χ2n) is 6.44. The maximum absolute atomic E-state index is 12.8. The van der Waals surface area contributed by atoms with E-state index in [-0.39, 0.29) is 30.5 Å². The second-order valence-corrected chi connectivity index (χ2v) is 6.44. The third-order valence-electron chi connectivity index (χ3n) is 4.57. The van der Waals surface area contributed by atoms with Gasteiger partial charge in [-0.15, -0.1) is 0 Å². The molecule has 0 aromatic heterocycles. The lowest BCUT2D eigenvalue weighted by Crippen LogP contribution is -2.41. The van der Waals surface area contributed by atoms with Gasteiger partial charge in [0.1, 0.15) is 0 Å². The second kappa shape index (κ2) is 9.50. The van der Waals surface area contributed by atoms with Crippen LogP contribution in [-0.2, 0) is 17.8 Å². The number of halogens is 2. The number of alkyl halides is 2. The number of nitrogens with zero attached hydrogens (tertiary/aromatic N) is 1. The molecule has 2 aromatic carbocycles. The number of carbonyl (C=O) groups excluding carboxylic acids is 1. The summed E-state index contributed by atoms with van der Waals surface area (Å²) in [6.07, 6.45) is 1.89. The molecule has 0 aliphatic carbocycles. The first-order chi connectivity index (χ1) is 13.6. The standard InChI is InChI=1S/C21H24F2N2O3/c1-2-27-18-11-5-8-16(20(18)28-21(22)23)13-24-14-19(26)25-12-6-9-15-7-3-4-10-17(15)25/h3-5,7-8,10-11,21,24H,2,6,9,12-14H2,1H3. The van der Waals surface area contributed by atoms with Gasteiger partial charge in [0.05, 0.1) is 13.2 Å².